The van der Waals surface area contributed by atoms with E-state index >= 15 is 0 Å². The summed E-state index contributed by atoms with van der Waals surface area (Å²) >= 11 is 12.0. The number of aliphatic imine (C=N–C) groups is 1. The third-order valence-corrected chi connectivity index (χ3v) is 4.04. The molecule has 2 aromatic rings. The summed E-state index contributed by atoms with van der Waals surface area (Å²) in [6.07, 6.45) is 3.69. The molecule has 0 bridgehead atoms. The van der Waals surface area contributed by atoms with Gasteiger partial charge in [0.15, 0.2) is 5.96 Å². The van der Waals surface area contributed by atoms with Gasteiger partial charge in [0.1, 0.15) is 5.82 Å². The second-order valence-corrected chi connectivity index (χ2v) is 5.77. The van der Waals surface area contributed by atoms with Gasteiger partial charge in [-0.15, -0.1) is 24.0 Å². The summed E-state index contributed by atoms with van der Waals surface area (Å²) in [5.74, 6) is 1.73. The molecule has 0 radical (unpaired) electrons. The number of hydrogen-bond acceptors (Lipinski definition) is 2. The highest BCUT2D eigenvalue weighted by molar-refractivity contribution is 14.0. The van der Waals surface area contributed by atoms with Gasteiger partial charge in [-0.1, -0.05) is 29.3 Å². The Kier molecular flexibility index (Phi) is 8.15. The Labute approximate surface area is 163 Å². The van der Waals surface area contributed by atoms with Gasteiger partial charge in [0.05, 0.1) is 16.6 Å². The second kappa shape index (κ2) is 9.34. The van der Waals surface area contributed by atoms with Gasteiger partial charge < -0.3 is 14.8 Å². The fourth-order valence-corrected chi connectivity index (χ4v) is 2.42. The summed E-state index contributed by atoms with van der Waals surface area (Å²) in [6, 6.07) is 5.63. The molecule has 0 aliphatic carbocycles. The highest BCUT2D eigenvalue weighted by Crippen LogP contribution is 2.23. The number of rotatable bonds is 4. The molecule has 1 aromatic carbocycles. The molecule has 0 fully saturated rings. The molecule has 0 saturated carbocycles. The molecule has 1 aromatic heterocycles. The van der Waals surface area contributed by atoms with Crippen LogP contribution >= 0.6 is 47.2 Å². The minimum Gasteiger partial charge on any atom is -0.349 e. The molecule has 0 saturated heterocycles. The summed E-state index contributed by atoms with van der Waals surface area (Å²) in [5, 5.41) is 4.41. The third kappa shape index (κ3) is 5.54. The Hall–Kier alpha value is -0.990. The standard InChI is InChI=1S/C15H19Cl2N5.HI/c1-18-15(20-9-14-19-6-7-21(14)2)22(3)10-11-4-5-12(16)13(17)8-11;/h4-8H,9-10H2,1-3H3,(H,18,20);1H. The van der Waals surface area contributed by atoms with E-state index in [4.69, 9.17) is 23.2 Å². The van der Waals surface area contributed by atoms with Crippen LogP contribution in [0.5, 0.6) is 0 Å². The maximum atomic E-state index is 6.05. The van der Waals surface area contributed by atoms with E-state index in [1.165, 1.54) is 0 Å². The maximum Gasteiger partial charge on any atom is 0.194 e. The number of aromatic nitrogens is 2. The molecular weight excluding hydrogens is 448 g/mol. The van der Waals surface area contributed by atoms with Crippen LogP contribution in [0.25, 0.3) is 0 Å². The first-order valence-corrected chi connectivity index (χ1v) is 7.58. The van der Waals surface area contributed by atoms with Crippen LogP contribution in [0.15, 0.2) is 35.6 Å². The van der Waals surface area contributed by atoms with Crippen molar-refractivity contribution in [2.24, 2.45) is 12.0 Å². The minimum absolute atomic E-state index is 0. The van der Waals surface area contributed by atoms with Crippen LogP contribution < -0.4 is 5.32 Å². The van der Waals surface area contributed by atoms with E-state index in [0.717, 1.165) is 17.3 Å². The molecule has 0 amide bonds. The zero-order chi connectivity index (χ0) is 16.1. The average molecular weight is 468 g/mol. The topological polar surface area (TPSA) is 45.5 Å². The Morgan fingerprint density at radius 3 is 2.65 bits per heavy atom. The van der Waals surface area contributed by atoms with E-state index in [9.17, 15) is 0 Å². The number of nitrogens with one attached hydrogen (secondary N) is 1. The average Bonchev–Trinajstić information content (AvgIpc) is 2.89. The maximum absolute atomic E-state index is 6.05. The van der Waals surface area contributed by atoms with E-state index in [-0.39, 0.29) is 24.0 Å². The van der Waals surface area contributed by atoms with E-state index in [0.29, 0.717) is 23.1 Å². The Morgan fingerprint density at radius 2 is 2.09 bits per heavy atom. The van der Waals surface area contributed by atoms with Crippen LogP contribution in [0.1, 0.15) is 11.4 Å². The van der Waals surface area contributed by atoms with E-state index in [1.807, 2.05) is 41.9 Å². The molecule has 0 aliphatic heterocycles. The van der Waals surface area contributed by atoms with Crippen molar-refractivity contribution in [2.45, 2.75) is 13.1 Å². The Balaban J connectivity index is 0.00000264. The lowest BCUT2D eigenvalue weighted by Crippen LogP contribution is -2.38. The summed E-state index contributed by atoms with van der Waals surface area (Å²) in [7, 11) is 5.69. The molecule has 8 heteroatoms. The van der Waals surface area contributed by atoms with Crippen molar-refractivity contribution in [3.63, 3.8) is 0 Å². The first-order chi connectivity index (χ1) is 10.5. The van der Waals surface area contributed by atoms with Gasteiger partial charge in [0.2, 0.25) is 0 Å². The predicted molar refractivity (Wildman–Crippen MR) is 107 cm³/mol. The lowest BCUT2D eigenvalue weighted by atomic mass is 10.2. The smallest absolute Gasteiger partial charge is 0.194 e. The molecule has 2 rings (SSSR count). The van der Waals surface area contributed by atoms with Crippen molar-refractivity contribution in [3.8, 4) is 0 Å². The molecule has 126 valence electrons. The Morgan fingerprint density at radius 1 is 1.35 bits per heavy atom. The van der Waals surface area contributed by atoms with Gasteiger partial charge in [-0.05, 0) is 17.7 Å². The van der Waals surface area contributed by atoms with E-state index in [2.05, 4.69) is 15.3 Å². The number of benzene rings is 1. The van der Waals surface area contributed by atoms with Crippen LogP contribution in [0, 0.1) is 0 Å². The SMILES string of the molecule is CN=C(NCc1nccn1C)N(C)Cc1ccc(Cl)c(Cl)c1.I. The fourth-order valence-electron chi connectivity index (χ4n) is 2.10. The van der Waals surface area contributed by atoms with Crippen molar-refractivity contribution in [1.82, 2.24) is 19.8 Å². The van der Waals surface area contributed by atoms with Crippen molar-refractivity contribution in [1.29, 1.82) is 0 Å². The zero-order valence-electron chi connectivity index (χ0n) is 13.3. The van der Waals surface area contributed by atoms with Crippen LogP contribution in [0.2, 0.25) is 10.0 Å². The van der Waals surface area contributed by atoms with Crippen LogP contribution in [-0.2, 0) is 20.1 Å². The first kappa shape index (κ1) is 20.1. The van der Waals surface area contributed by atoms with Crippen LogP contribution in [0.3, 0.4) is 0 Å². The second-order valence-electron chi connectivity index (χ2n) is 4.96. The monoisotopic (exact) mass is 467 g/mol. The highest BCUT2D eigenvalue weighted by Gasteiger charge is 2.09. The normalized spacial score (nSPS) is 11.1. The largest absolute Gasteiger partial charge is 0.349 e. The zero-order valence-corrected chi connectivity index (χ0v) is 17.1. The highest BCUT2D eigenvalue weighted by atomic mass is 127. The molecule has 0 atom stereocenters. The number of halogens is 3. The summed E-state index contributed by atoms with van der Waals surface area (Å²) < 4.78 is 1.97. The molecule has 0 aliphatic rings. The lowest BCUT2D eigenvalue weighted by Gasteiger charge is -2.22. The molecule has 5 nitrogen and oxygen atoms in total. The van der Waals surface area contributed by atoms with E-state index in [1.54, 1.807) is 19.3 Å². The molecule has 0 spiro atoms. The van der Waals surface area contributed by atoms with Gasteiger partial charge in [0, 0.05) is 40.1 Å². The van der Waals surface area contributed by atoms with Crippen LogP contribution in [0.4, 0.5) is 0 Å². The van der Waals surface area contributed by atoms with Crippen molar-refractivity contribution in [2.75, 3.05) is 14.1 Å². The van der Waals surface area contributed by atoms with Crippen molar-refractivity contribution in [3.05, 3.63) is 52.0 Å². The van der Waals surface area contributed by atoms with E-state index < -0.39 is 0 Å². The number of hydrogen-bond donors (Lipinski definition) is 1. The van der Waals surface area contributed by atoms with Gasteiger partial charge >= 0.3 is 0 Å². The van der Waals surface area contributed by atoms with Crippen molar-refractivity contribution < 1.29 is 0 Å². The summed E-state index contributed by atoms with van der Waals surface area (Å²) in [4.78, 5) is 10.6. The number of nitrogens with zero attached hydrogens (tertiary/aromatic N) is 4. The van der Waals surface area contributed by atoms with Gasteiger partial charge in [-0.2, -0.15) is 0 Å². The van der Waals surface area contributed by atoms with Gasteiger partial charge in [0.25, 0.3) is 0 Å². The molecular formula is C15H20Cl2IN5. The minimum atomic E-state index is 0. The summed E-state index contributed by atoms with van der Waals surface area (Å²) in [5.41, 5.74) is 1.07. The Bertz CT molecular complexity index is 672. The number of guanidine groups is 1. The molecule has 0 unspecified atom stereocenters. The molecule has 1 heterocycles. The number of aryl methyl sites for hydroxylation is 1. The van der Waals surface area contributed by atoms with Gasteiger partial charge in [-0.25, -0.2) is 4.98 Å². The lowest BCUT2D eigenvalue weighted by molar-refractivity contribution is 0.474. The van der Waals surface area contributed by atoms with Gasteiger partial charge in [-0.3, -0.25) is 4.99 Å². The quantitative estimate of drug-likeness (QED) is 0.425. The molecule has 1 N–H and O–H groups in total. The number of imidazole rings is 1. The third-order valence-electron chi connectivity index (χ3n) is 3.30. The predicted octanol–water partition coefficient (Wildman–Crippen LogP) is 3.55. The first-order valence-electron chi connectivity index (χ1n) is 6.83. The summed E-state index contributed by atoms with van der Waals surface area (Å²) in [6.45, 7) is 1.29. The van der Waals surface area contributed by atoms with Crippen molar-refractivity contribution >= 4 is 53.1 Å². The van der Waals surface area contributed by atoms with Crippen LogP contribution in [-0.4, -0.2) is 34.5 Å². The fraction of sp³-hybridized carbons (Fsp3) is 0.333. The molecule has 23 heavy (non-hydrogen) atoms.